The summed E-state index contributed by atoms with van der Waals surface area (Å²) in [5.74, 6) is 0.243. The van der Waals surface area contributed by atoms with Crippen LogP contribution in [0.3, 0.4) is 0 Å². The zero-order valence-corrected chi connectivity index (χ0v) is 21.2. The number of imidazole rings is 1. The van der Waals surface area contributed by atoms with Crippen LogP contribution in [-0.4, -0.2) is 44.5 Å². The van der Waals surface area contributed by atoms with Gasteiger partial charge in [0.2, 0.25) is 11.8 Å². The number of aryl methyl sites for hydroxylation is 1. The third-order valence-corrected chi connectivity index (χ3v) is 6.96. The lowest BCUT2D eigenvalue weighted by Crippen LogP contribution is -2.37. The van der Waals surface area contributed by atoms with Gasteiger partial charge in [-0.05, 0) is 37.7 Å². The molecule has 1 fully saturated rings. The molecule has 2 N–H and O–H groups in total. The summed E-state index contributed by atoms with van der Waals surface area (Å²) in [6.45, 7) is 1.28. The monoisotopic (exact) mass is 546 g/mol. The number of nitrogens with zero attached hydrogens (tertiary/aromatic N) is 4. The molecule has 13 heteroatoms. The van der Waals surface area contributed by atoms with Gasteiger partial charge in [0, 0.05) is 19.3 Å². The van der Waals surface area contributed by atoms with E-state index in [1.165, 1.54) is 12.3 Å². The summed E-state index contributed by atoms with van der Waals surface area (Å²) in [4.78, 5) is 25.8. The van der Waals surface area contributed by atoms with Gasteiger partial charge in [-0.25, -0.2) is 18.7 Å². The van der Waals surface area contributed by atoms with Crippen molar-refractivity contribution in [3.63, 3.8) is 0 Å². The topological polar surface area (TPSA) is 94.0 Å². The number of nitrogens with one attached hydrogen (secondary N) is 2. The fraction of sp³-hybridized carbons (Fsp3) is 0.455. The number of fused-ring (bicyclic) bond motifs is 1. The molecule has 0 unspecified atom stereocenters. The first-order valence-corrected chi connectivity index (χ1v) is 12.1. The largest absolute Gasteiger partial charge is 0.471 e. The van der Waals surface area contributed by atoms with E-state index in [0.29, 0.717) is 17.1 Å². The van der Waals surface area contributed by atoms with E-state index in [4.69, 9.17) is 39.5 Å². The molecule has 0 spiro atoms. The van der Waals surface area contributed by atoms with Crippen LogP contribution in [0, 0.1) is 5.92 Å². The summed E-state index contributed by atoms with van der Waals surface area (Å²) in [6.07, 6.45) is 2.33. The van der Waals surface area contributed by atoms with Crippen LogP contribution < -0.4 is 15.4 Å². The molecule has 35 heavy (non-hydrogen) atoms. The van der Waals surface area contributed by atoms with Gasteiger partial charge in [-0.2, -0.15) is 4.98 Å². The number of alkyl halides is 2. The van der Waals surface area contributed by atoms with Gasteiger partial charge in [-0.15, -0.1) is 0 Å². The van der Waals surface area contributed by atoms with Crippen LogP contribution in [0.25, 0.3) is 11.2 Å². The third kappa shape index (κ3) is 5.70. The van der Waals surface area contributed by atoms with Crippen LogP contribution in [0.15, 0.2) is 12.3 Å². The van der Waals surface area contributed by atoms with Gasteiger partial charge in [0.25, 0.3) is 12.3 Å². The molecule has 3 heterocycles. The number of anilines is 2. The summed E-state index contributed by atoms with van der Waals surface area (Å²) < 4.78 is 32.5. The summed E-state index contributed by atoms with van der Waals surface area (Å²) >= 11 is 18.4. The molecule has 0 aromatic carbocycles. The Morgan fingerprint density at radius 1 is 1.23 bits per heavy atom. The molecule has 188 valence electrons. The number of pyridine rings is 2. The number of aromatic nitrogens is 4. The van der Waals surface area contributed by atoms with Crippen LogP contribution in [0.5, 0.6) is 5.88 Å². The zero-order valence-electron chi connectivity index (χ0n) is 18.9. The maximum absolute atomic E-state index is 13.1. The zero-order chi connectivity index (χ0) is 25.3. The second-order valence-electron chi connectivity index (χ2n) is 8.52. The van der Waals surface area contributed by atoms with E-state index in [1.54, 1.807) is 11.6 Å². The first kappa shape index (κ1) is 25.7. The number of amides is 1. The Labute approximate surface area is 215 Å². The van der Waals surface area contributed by atoms with Crippen LogP contribution in [-0.2, 0) is 7.05 Å². The van der Waals surface area contributed by atoms with Gasteiger partial charge in [-0.3, -0.25) is 9.36 Å². The van der Waals surface area contributed by atoms with E-state index >= 15 is 0 Å². The number of rotatable bonds is 7. The molecule has 0 bridgehead atoms. The molecule has 0 aliphatic heterocycles. The van der Waals surface area contributed by atoms with Crippen LogP contribution in [0.4, 0.5) is 20.4 Å². The van der Waals surface area contributed by atoms with Crippen molar-refractivity contribution in [2.24, 2.45) is 13.0 Å². The van der Waals surface area contributed by atoms with Gasteiger partial charge in [-0.1, -0.05) is 41.7 Å². The highest BCUT2D eigenvalue weighted by atomic mass is 35.5. The quantitative estimate of drug-likeness (QED) is 0.351. The number of halogens is 5. The Morgan fingerprint density at radius 2 is 1.94 bits per heavy atom. The first-order chi connectivity index (χ1) is 16.6. The number of carbonyl (C=O) groups excluding carboxylic acids is 1. The van der Waals surface area contributed by atoms with Gasteiger partial charge >= 0.3 is 0 Å². The summed E-state index contributed by atoms with van der Waals surface area (Å²) in [5, 5.41) is 6.33. The van der Waals surface area contributed by atoms with Crippen LogP contribution in [0.2, 0.25) is 15.2 Å². The lowest BCUT2D eigenvalue weighted by Gasteiger charge is -2.27. The highest BCUT2D eigenvalue weighted by Gasteiger charge is 2.25. The molecule has 4 rings (SSSR count). The molecule has 0 radical (unpaired) electrons. The molecular weight excluding hydrogens is 525 g/mol. The lowest BCUT2D eigenvalue weighted by atomic mass is 9.87. The second-order valence-corrected chi connectivity index (χ2v) is 9.66. The Kier molecular flexibility index (Phi) is 7.83. The van der Waals surface area contributed by atoms with Crippen molar-refractivity contribution in [3.8, 4) is 5.88 Å². The van der Waals surface area contributed by atoms with Crippen molar-refractivity contribution >= 4 is 63.5 Å². The first-order valence-electron chi connectivity index (χ1n) is 11.0. The molecule has 1 amide bonds. The number of hydrogen-bond acceptors (Lipinski definition) is 6. The maximum Gasteiger partial charge on any atom is 0.272 e. The predicted octanol–water partition coefficient (Wildman–Crippen LogP) is 6.02. The van der Waals surface area contributed by atoms with Gasteiger partial charge in [0.05, 0.1) is 10.7 Å². The Hall–Kier alpha value is -2.43. The van der Waals surface area contributed by atoms with Crippen molar-refractivity contribution in [1.82, 2.24) is 24.8 Å². The van der Waals surface area contributed by atoms with Gasteiger partial charge < -0.3 is 15.4 Å². The number of carbonyl (C=O) groups is 1. The van der Waals surface area contributed by atoms with E-state index in [0.717, 1.165) is 25.7 Å². The molecule has 0 atom stereocenters. The van der Waals surface area contributed by atoms with Crippen molar-refractivity contribution in [2.45, 2.75) is 45.1 Å². The van der Waals surface area contributed by atoms with Crippen molar-refractivity contribution in [2.75, 3.05) is 11.9 Å². The second kappa shape index (κ2) is 10.7. The smallest absolute Gasteiger partial charge is 0.272 e. The van der Waals surface area contributed by atoms with Crippen molar-refractivity contribution in [3.05, 3.63) is 33.0 Å². The Balaban J connectivity index is 1.69. The molecular formula is C22H23Cl3F2N6O2. The standard InChI is InChI=1S/C22H23Cl3F2N6O2/c1-10-3-5-11(6-4-10)29-20(34)12-7-14-19(32-21(12)35-9-15(26)27)33(2)22(30-14)31-17-13(23)8-28-18(25)16(17)24/h7-8,10-11,15H,3-6,9H2,1-2H3,(H,29,34)(H,28,30,31)/t10-,11-. The Morgan fingerprint density at radius 3 is 2.63 bits per heavy atom. The minimum Gasteiger partial charge on any atom is -0.471 e. The van der Waals surface area contributed by atoms with Gasteiger partial charge in [0.1, 0.15) is 21.3 Å². The summed E-state index contributed by atoms with van der Waals surface area (Å²) in [6, 6.07) is 1.47. The third-order valence-electron chi connectivity index (χ3n) is 5.92. The summed E-state index contributed by atoms with van der Waals surface area (Å²) in [5.41, 5.74) is 0.955. The van der Waals surface area contributed by atoms with Crippen LogP contribution >= 0.6 is 34.8 Å². The summed E-state index contributed by atoms with van der Waals surface area (Å²) in [7, 11) is 1.65. The average Bonchev–Trinajstić information content (AvgIpc) is 3.13. The SMILES string of the molecule is Cn1c(Nc2c(Cl)cnc(Cl)c2Cl)nc2cc(C(=O)N[C@H]3CC[C@H](C)CC3)c(OCC(F)F)nc21. The predicted molar refractivity (Wildman–Crippen MR) is 131 cm³/mol. The molecule has 1 aliphatic rings. The van der Waals surface area contributed by atoms with E-state index in [2.05, 4.69) is 32.5 Å². The van der Waals surface area contributed by atoms with E-state index in [9.17, 15) is 13.6 Å². The lowest BCUT2D eigenvalue weighted by molar-refractivity contribution is 0.0770. The minimum absolute atomic E-state index is 0.000900. The molecule has 3 aromatic heterocycles. The van der Waals surface area contributed by atoms with Gasteiger partial charge in [0.15, 0.2) is 12.3 Å². The average molecular weight is 548 g/mol. The molecule has 1 saturated carbocycles. The van der Waals surface area contributed by atoms with Crippen LogP contribution in [0.1, 0.15) is 43.0 Å². The Bertz CT molecular complexity index is 1250. The van der Waals surface area contributed by atoms with Crippen molar-refractivity contribution in [1.29, 1.82) is 0 Å². The number of ether oxygens (including phenoxy) is 1. The molecule has 1 aliphatic carbocycles. The van der Waals surface area contributed by atoms with Crippen molar-refractivity contribution < 1.29 is 18.3 Å². The van der Waals surface area contributed by atoms with E-state index in [1.807, 2.05) is 0 Å². The minimum atomic E-state index is -2.73. The fourth-order valence-corrected chi connectivity index (χ4v) is 4.54. The highest BCUT2D eigenvalue weighted by molar-refractivity contribution is 6.45. The number of hydrogen-bond donors (Lipinski definition) is 2. The molecule has 8 nitrogen and oxygen atoms in total. The molecule has 3 aromatic rings. The fourth-order valence-electron chi connectivity index (χ4n) is 3.96. The molecule has 0 saturated heterocycles. The normalized spacial score (nSPS) is 18.2. The maximum atomic E-state index is 13.1. The van der Waals surface area contributed by atoms with E-state index < -0.39 is 18.9 Å². The van der Waals surface area contributed by atoms with E-state index in [-0.39, 0.29) is 44.3 Å². The highest BCUT2D eigenvalue weighted by Crippen LogP contribution is 2.36.